The zero-order valence-corrected chi connectivity index (χ0v) is 42.0. The van der Waals surface area contributed by atoms with Gasteiger partial charge in [0.2, 0.25) is 0 Å². The van der Waals surface area contributed by atoms with Crippen molar-refractivity contribution in [2.75, 3.05) is 37.0 Å². The summed E-state index contributed by atoms with van der Waals surface area (Å²) in [6.45, 7) is 24.0. The first-order valence-electron chi connectivity index (χ1n) is 21.3. The molecule has 0 amide bonds. The summed E-state index contributed by atoms with van der Waals surface area (Å²) in [4.78, 5) is 0. The number of allylic oxidation sites excluding steroid dienone is 2. The van der Waals surface area contributed by atoms with Gasteiger partial charge in [-0.3, -0.25) is 0 Å². The summed E-state index contributed by atoms with van der Waals surface area (Å²) in [6, 6.07) is 33.4. The molecule has 2 atom stereocenters. The first-order chi connectivity index (χ1) is 25.9. The summed E-state index contributed by atoms with van der Waals surface area (Å²) in [5, 5.41) is 3.20. The zero-order chi connectivity index (χ0) is 39.1. The van der Waals surface area contributed by atoms with E-state index < -0.39 is 36.0 Å². The van der Waals surface area contributed by atoms with Gasteiger partial charge in [0.1, 0.15) is 0 Å². The van der Waals surface area contributed by atoms with Crippen LogP contribution >= 0.6 is 31.6 Å². The number of fused-ring (bicyclic) bond motifs is 2. The van der Waals surface area contributed by atoms with Crippen molar-refractivity contribution in [1.29, 1.82) is 0 Å². The second kappa shape index (κ2) is 16.6. The molecule has 4 aromatic rings. The molecule has 291 valence electrons. The molecule has 2 aliphatic carbocycles. The van der Waals surface area contributed by atoms with Crippen LogP contribution in [0.1, 0.15) is 97.7 Å². The number of rotatable bonds is 15. The predicted octanol–water partition coefficient (Wildman–Crippen LogP) is 14.3. The molecule has 0 spiro atoms. The third-order valence-corrected chi connectivity index (χ3v) is 78.1. The second-order valence-electron chi connectivity index (χ2n) is 16.8. The summed E-state index contributed by atoms with van der Waals surface area (Å²) in [7, 11) is 14.6. The summed E-state index contributed by atoms with van der Waals surface area (Å²) < 4.78 is 0.232. The zero-order valence-electron chi connectivity index (χ0n) is 34.9. The maximum absolute atomic E-state index is 8.74. The average Bonchev–Trinajstić information content (AvgIpc) is 3.80. The van der Waals surface area contributed by atoms with Crippen LogP contribution in [-0.4, -0.2) is 42.9 Å². The van der Waals surface area contributed by atoms with Crippen LogP contribution in [0, 0.1) is 0 Å². The Morgan fingerprint density at radius 1 is 0.500 bits per heavy atom. The minimum absolute atomic E-state index is 0.116. The van der Waals surface area contributed by atoms with Crippen LogP contribution in [0.15, 0.2) is 96.1 Å². The topological polar surface area (TPSA) is 0 Å². The molecular weight excluding hydrogens is 829 g/mol. The molecule has 54 heavy (non-hydrogen) atoms. The number of benzene rings is 4. The van der Waals surface area contributed by atoms with Crippen LogP contribution in [0.2, 0.25) is 13.1 Å². The fraction of sp³-hybridized carbons (Fsp3) is 0.417. The van der Waals surface area contributed by atoms with E-state index in [4.69, 9.17) is 17.0 Å². The van der Waals surface area contributed by atoms with E-state index in [2.05, 4.69) is 166 Å². The van der Waals surface area contributed by atoms with Gasteiger partial charge in [-0.2, -0.15) is 0 Å². The van der Waals surface area contributed by atoms with Crippen LogP contribution in [0.25, 0.3) is 34.4 Å². The molecule has 0 bridgehead atoms. The van der Waals surface area contributed by atoms with E-state index in [1.807, 2.05) is 0 Å². The van der Waals surface area contributed by atoms with Crippen molar-refractivity contribution in [2.24, 2.45) is 0 Å². The molecule has 2 aliphatic rings. The van der Waals surface area contributed by atoms with Gasteiger partial charge in [-0.15, -0.1) is 0 Å². The molecule has 6 rings (SSSR count). The molecule has 0 aliphatic heterocycles. The van der Waals surface area contributed by atoms with Crippen LogP contribution < -0.4 is 10.6 Å². The summed E-state index contributed by atoms with van der Waals surface area (Å²) >= 11 is -4.83. The molecule has 0 saturated heterocycles. The monoisotopic (exact) mass is 893 g/mol. The van der Waals surface area contributed by atoms with E-state index in [0.717, 1.165) is 12.8 Å². The maximum atomic E-state index is 8.74. The van der Waals surface area contributed by atoms with E-state index in [0.29, 0.717) is 0 Å². The quantitative estimate of drug-likeness (QED) is 0.0824. The SMILES string of the molecule is CCC1=Cc2c(-c3ccc([PH](CC)(CC)CC)cc3)cccc2[CH]1[Zr]([Cl])([Cl])([CH]1C(CC)=Cc2c(-c3ccc([PH](CC)(CC)CC)cc3)cccc21)[SiH](C)C. The molecule has 0 heterocycles. The van der Waals surface area contributed by atoms with Gasteiger partial charge in [-0.25, -0.2) is 0 Å². The van der Waals surface area contributed by atoms with E-state index in [1.54, 1.807) is 10.6 Å². The Kier molecular flexibility index (Phi) is 13.1. The van der Waals surface area contributed by atoms with Crippen molar-refractivity contribution in [2.45, 2.75) is 88.6 Å². The second-order valence-corrected chi connectivity index (χ2v) is 69.9. The normalized spacial score (nSPS) is 18.5. The van der Waals surface area contributed by atoms with Gasteiger partial charge in [0.25, 0.3) is 0 Å². The van der Waals surface area contributed by atoms with Gasteiger partial charge in [0.15, 0.2) is 0 Å². The van der Waals surface area contributed by atoms with Gasteiger partial charge < -0.3 is 0 Å². The fourth-order valence-electron chi connectivity index (χ4n) is 10.9. The fourth-order valence-corrected chi connectivity index (χ4v) is 49.9. The molecule has 0 N–H and O–H groups in total. The van der Waals surface area contributed by atoms with E-state index in [-0.39, 0.29) is 7.25 Å². The first kappa shape index (κ1) is 42.5. The van der Waals surface area contributed by atoms with E-state index in [9.17, 15) is 0 Å². The summed E-state index contributed by atoms with van der Waals surface area (Å²) in [5.74, 6) is -1.63. The summed E-state index contributed by atoms with van der Waals surface area (Å²) in [5.41, 5.74) is 13.6. The van der Waals surface area contributed by atoms with Crippen molar-refractivity contribution in [3.8, 4) is 22.3 Å². The average molecular weight is 896 g/mol. The van der Waals surface area contributed by atoms with Crippen molar-refractivity contribution >= 4 is 60.2 Å². The third-order valence-electron chi connectivity index (χ3n) is 15.0. The standard InChI is InChI=1S/2C23H30P.C2H7Si.2ClH.Zr/c2*1-5-18-16-20-10-9-11-22(23(20)17-18)19-12-14-21(15-13-19)24(6-2,7-3)8-4;1-3-2;;;/h2*9-17,24H,5-8H2,1-4H3;3H,1-2H3;2*1H;/q;;;;;+2/p-2. The van der Waals surface area contributed by atoms with Gasteiger partial charge in [-0.05, 0) is 0 Å². The molecule has 0 nitrogen and oxygen atoms in total. The molecular formula is C48H67Cl2P2SiZr. The van der Waals surface area contributed by atoms with Crippen LogP contribution in [-0.2, 0) is 15.6 Å². The van der Waals surface area contributed by atoms with Gasteiger partial charge in [-0.1, -0.05) is 0 Å². The van der Waals surface area contributed by atoms with Crippen molar-refractivity contribution in [3.05, 3.63) is 118 Å². The molecule has 6 heteroatoms. The van der Waals surface area contributed by atoms with Crippen LogP contribution in [0.3, 0.4) is 0 Å². The Bertz CT molecular complexity index is 1880. The van der Waals surface area contributed by atoms with Crippen molar-refractivity contribution in [3.63, 3.8) is 0 Å². The van der Waals surface area contributed by atoms with E-state index >= 15 is 0 Å². The Labute approximate surface area is 339 Å². The number of hydrogen-bond acceptors (Lipinski definition) is 0. The number of halogens is 2. The molecule has 0 aromatic heterocycles. The molecule has 2 unspecified atom stereocenters. The minimum atomic E-state index is -4.83. The third kappa shape index (κ3) is 6.76. The number of hydrogen-bond donors (Lipinski definition) is 0. The Balaban J connectivity index is 1.47. The molecule has 0 radical (unpaired) electrons. The summed E-state index contributed by atoms with van der Waals surface area (Å²) in [6.07, 6.45) is 14.8. The van der Waals surface area contributed by atoms with Gasteiger partial charge in [0, 0.05) is 0 Å². The molecule has 4 aromatic carbocycles. The first-order valence-corrected chi connectivity index (χ1v) is 42.9. The van der Waals surface area contributed by atoms with Crippen molar-refractivity contribution in [1.82, 2.24) is 0 Å². The van der Waals surface area contributed by atoms with Gasteiger partial charge >= 0.3 is 342 Å². The van der Waals surface area contributed by atoms with Crippen molar-refractivity contribution < 1.29 is 15.6 Å². The van der Waals surface area contributed by atoms with E-state index in [1.165, 1.54) is 92.6 Å². The van der Waals surface area contributed by atoms with Crippen LogP contribution in [0.4, 0.5) is 0 Å². The Morgan fingerprint density at radius 2 is 0.833 bits per heavy atom. The molecule has 0 saturated carbocycles. The predicted molar refractivity (Wildman–Crippen MR) is 256 cm³/mol. The van der Waals surface area contributed by atoms with Gasteiger partial charge in [0.05, 0.1) is 0 Å². The Morgan fingerprint density at radius 3 is 1.11 bits per heavy atom. The molecule has 0 fully saturated rings. The Hall–Kier alpha value is -1.10. The van der Waals surface area contributed by atoms with Crippen LogP contribution in [0.5, 0.6) is 0 Å².